The average molecular weight is 272 g/mol. The third-order valence-corrected chi connectivity index (χ3v) is 3.69. The van der Waals surface area contributed by atoms with Crippen LogP contribution in [0.4, 0.5) is 0 Å². The Morgan fingerprint density at radius 1 is 1.30 bits per heavy atom. The van der Waals surface area contributed by atoms with E-state index in [2.05, 4.69) is 15.3 Å². The highest BCUT2D eigenvalue weighted by atomic mass is 16.3. The number of likely N-dealkylation sites (N-methyl/N-ethyl adjacent to an activating group) is 1. The van der Waals surface area contributed by atoms with E-state index in [9.17, 15) is 9.90 Å². The van der Waals surface area contributed by atoms with Crippen molar-refractivity contribution in [2.24, 2.45) is 0 Å². The summed E-state index contributed by atoms with van der Waals surface area (Å²) >= 11 is 0. The summed E-state index contributed by atoms with van der Waals surface area (Å²) in [5, 5.41) is 12.9. The fourth-order valence-electron chi connectivity index (χ4n) is 2.50. The third-order valence-electron chi connectivity index (χ3n) is 3.69. The Kier molecular flexibility index (Phi) is 3.33. The third kappa shape index (κ3) is 2.23. The van der Waals surface area contributed by atoms with E-state index in [4.69, 9.17) is 0 Å². The van der Waals surface area contributed by atoms with Crippen molar-refractivity contribution in [3.8, 4) is 0 Å². The molecule has 6 nitrogen and oxygen atoms in total. The number of β-amino-alcohol motifs (C(OH)–C–C–N with tert-alkyl or cyclic N) is 1. The topological polar surface area (TPSA) is 78.4 Å². The zero-order valence-corrected chi connectivity index (χ0v) is 11.2. The SMILES string of the molecule is CN(C(=O)c1ccc2nccnc2c1)[C@H]1CNC[C@@H]1O. The highest BCUT2D eigenvalue weighted by molar-refractivity contribution is 5.97. The maximum atomic E-state index is 12.5. The van der Waals surface area contributed by atoms with Gasteiger partial charge in [0.05, 0.1) is 23.2 Å². The van der Waals surface area contributed by atoms with Gasteiger partial charge in [0.2, 0.25) is 0 Å². The molecular formula is C14H16N4O2. The van der Waals surface area contributed by atoms with Crippen LogP contribution in [0.1, 0.15) is 10.4 Å². The van der Waals surface area contributed by atoms with Crippen LogP contribution >= 0.6 is 0 Å². The second-order valence-corrected chi connectivity index (χ2v) is 4.97. The highest BCUT2D eigenvalue weighted by Crippen LogP contribution is 2.15. The number of hydrogen-bond acceptors (Lipinski definition) is 5. The number of hydrogen-bond donors (Lipinski definition) is 2. The minimum absolute atomic E-state index is 0.120. The molecule has 1 aliphatic heterocycles. The van der Waals surface area contributed by atoms with Crippen molar-refractivity contribution in [3.05, 3.63) is 36.2 Å². The maximum Gasteiger partial charge on any atom is 0.254 e. The number of nitrogens with zero attached hydrogens (tertiary/aromatic N) is 3. The Hall–Kier alpha value is -2.05. The molecule has 0 unspecified atom stereocenters. The summed E-state index contributed by atoms with van der Waals surface area (Å²) in [5.74, 6) is -0.120. The van der Waals surface area contributed by atoms with Gasteiger partial charge in [-0.05, 0) is 18.2 Å². The van der Waals surface area contributed by atoms with E-state index >= 15 is 0 Å². The Bertz CT molecular complexity index is 646. The normalized spacial score (nSPS) is 22.1. The summed E-state index contributed by atoms with van der Waals surface area (Å²) in [6.45, 7) is 1.13. The Morgan fingerprint density at radius 2 is 2.05 bits per heavy atom. The highest BCUT2D eigenvalue weighted by Gasteiger charge is 2.31. The van der Waals surface area contributed by atoms with Crippen LogP contribution in [0.15, 0.2) is 30.6 Å². The van der Waals surface area contributed by atoms with Crippen LogP contribution < -0.4 is 5.32 Å². The molecule has 0 bridgehead atoms. The molecule has 104 valence electrons. The minimum Gasteiger partial charge on any atom is -0.390 e. The molecule has 0 spiro atoms. The monoisotopic (exact) mass is 272 g/mol. The molecule has 2 aromatic rings. The molecule has 1 aromatic heterocycles. The van der Waals surface area contributed by atoms with Gasteiger partial charge in [-0.15, -0.1) is 0 Å². The second kappa shape index (κ2) is 5.15. The van der Waals surface area contributed by atoms with Gasteiger partial charge >= 0.3 is 0 Å². The molecular weight excluding hydrogens is 256 g/mol. The number of carbonyl (C=O) groups excluding carboxylic acids is 1. The van der Waals surface area contributed by atoms with Gasteiger partial charge in [-0.1, -0.05) is 0 Å². The first-order valence-electron chi connectivity index (χ1n) is 6.53. The number of rotatable bonds is 2. The lowest BCUT2D eigenvalue weighted by Gasteiger charge is -2.26. The van der Waals surface area contributed by atoms with Gasteiger partial charge in [-0.25, -0.2) is 0 Å². The lowest BCUT2D eigenvalue weighted by molar-refractivity contribution is 0.0581. The summed E-state index contributed by atoms with van der Waals surface area (Å²) < 4.78 is 0. The van der Waals surface area contributed by atoms with Crippen LogP contribution in [0.5, 0.6) is 0 Å². The van der Waals surface area contributed by atoms with Gasteiger partial charge in [-0.2, -0.15) is 0 Å². The predicted molar refractivity (Wildman–Crippen MR) is 74.3 cm³/mol. The van der Waals surface area contributed by atoms with Crippen LogP contribution in [0.3, 0.4) is 0 Å². The zero-order chi connectivity index (χ0) is 14.1. The molecule has 0 saturated carbocycles. The van der Waals surface area contributed by atoms with Crippen molar-refractivity contribution >= 4 is 16.9 Å². The Labute approximate surface area is 116 Å². The molecule has 6 heteroatoms. The van der Waals surface area contributed by atoms with Gasteiger partial charge in [0.15, 0.2) is 0 Å². The number of carbonyl (C=O) groups is 1. The second-order valence-electron chi connectivity index (χ2n) is 4.97. The molecule has 1 fully saturated rings. The number of aromatic nitrogens is 2. The first-order valence-corrected chi connectivity index (χ1v) is 6.53. The van der Waals surface area contributed by atoms with Gasteiger partial charge in [-0.3, -0.25) is 14.8 Å². The van der Waals surface area contributed by atoms with E-state index in [0.29, 0.717) is 24.2 Å². The number of nitrogens with one attached hydrogen (secondary N) is 1. The number of fused-ring (bicyclic) bond motifs is 1. The molecule has 1 saturated heterocycles. The fraction of sp³-hybridized carbons (Fsp3) is 0.357. The Balaban J connectivity index is 1.88. The van der Waals surface area contributed by atoms with Gasteiger partial charge in [0, 0.05) is 38.1 Å². The van der Waals surface area contributed by atoms with Crippen molar-refractivity contribution in [1.29, 1.82) is 0 Å². The molecule has 20 heavy (non-hydrogen) atoms. The minimum atomic E-state index is -0.524. The smallest absolute Gasteiger partial charge is 0.254 e. The van der Waals surface area contributed by atoms with Crippen molar-refractivity contribution in [1.82, 2.24) is 20.2 Å². The van der Waals surface area contributed by atoms with E-state index in [1.54, 1.807) is 42.5 Å². The molecule has 0 aliphatic carbocycles. The van der Waals surface area contributed by atoms with E-state index in [-0.39, 0.29) is 11.9 Å². The molecule has 2 heterocycles. The average Bonchev–Trinajstić information content (AvgIpc) is 2.91. The summed E-state index contributed by atoms with van der Waals surface area (Å²) in [7, 11) is 1.71. The van der Waals surface area contributed by atoms with Crippen molar-refractivity contribution in [3.63, 3.8) is 0 Å². The largest absolute Gasteiger partial charge is 0.390 e. The zero-order valence-electron chi connectivity index (χ0n) is 11.2. The van der Waals surface area contributed by atoms with Crippen LogP contribution in [-0.2, 0) is 0 Å². The van der Waals surface area contributed by atoms with Crippen molar-refractivity contribution < 1.29 is 9.90 Å². The number of aliphatic hydroxyl groups is 1. The number of aliphatic hydroxyl groups excluding tert-OH is 1. The summed E-state index contributed by atoms with van der Waals surface area (Å²) in [4.78, 5) is 22.4. The van der Waals surface area contributed by atoms with E-state index in [0.717, 1.165) is 5.52 Å². The van der Waals surface area contributed by atoms with Crippen LogP contribution in [-0.4, -0.2) is 58.2 Å². The van der Waals surface area contributed by atoms with E-state index in [1.165, 1.54) is 0 Å². The van der Waals surface area contributed by atoms with Gasteiger partial charge < -0.3 is 15.3 Å². The van der Waals surface area contributed by atoms with E-state index < -0.39 is 6.10 Å². The van der Waals surface area contributed by atoms with Crippen LogP contribution in [0.25, 0.3) is 11.0 Å². The first kappa shape index (κ1) is 13.0. The van der Waals surface area contributed by atoms with Gasteiger partial charge in [0.1, 0.15) is 0 Å². The summed E-state index contributed by atoms with van der Waals surface area (Å²) in [6.07, 6.45) is 2.70. The molecule has 3 rings (SSSR count). The predicted octanol–water partition coefficient (Wildman–Crippen LogP) is 0.0345. The van der Waals surface area contributed by atoms with E-state index in [1.807, 2.05) is 0 Å². The molecule has 1 amide bonds. The first-order chi connectivity index (χ1) is 9.66. The molecule has 0 radical (unpaired) electrons. The quantitative estimate of drug-likeness (QED) is 0.806. The summed E-state index contributed by atoms with van der Waals surface area (Å²) in [5.41, 5.74) is 2.01. The molecule has 1 aromatic carbocycles. The van der Waals surface area contributed by atoms with Crippen LogP contribution in [0, 0.1) is 0 Å². The van der Waals surface area contributed by atoms with Crippen LogP contribution in [0.2, 0.25) is 0 Å². The Morgan fingerprint density at radius 3 is 2.75 bits per heavy atom. The lowest BCUT2D eigenvalue weighted by Crippen LogP contribution is -2.44. The maximum absolute atomic E-state index is 12.5. The fourth-order valence-corrected chi connectivity index (χ4v) is 2.50. The lowest BCUT2D eigenvalue weighted by atomic mass is 10.1. The molecule has 1 aliphatic rings. The molecule has 2 atom stereocenters. The summed E-state index contributed by atoms with van der Waals surface area (Å²) in [6, 6.07) is 5.06. The standard InChI is InChI=1S/C14H16N4O2/c1-18(12-7-15-8-13(12)19)14(20)9-2-3-10-11(6-9)17-5-4-16-10/h2-6,12-13,15,19H,7-8H2,1H3/t12-,13-/m0/s1. The van der Waals surface area contributed by atoms with Crippen molar-refractivity contribution in [2.45, 2.75) is 12.1 Å². The van der Waals surface area contributed by atoms with Crippen molar-refractivity contribution in [2.75, 3.05) is 20.1 Å². The number of amides is 1. The van der Waals surface area contributed by atoms with Gasteiger partial charge in [0.25, 0.3) is 5.91 Å². The number of benzene rings is 1. The molecule has 2 N–H and O–H groups in total.